The van der Waals surface area contributed by atoms with Crippen LogP contribution in [0.5, 0.6) is 0 Å². The molecule has 3 N–H and O–H groups in total. The Morgan fingerprint density at radius 1 is 0.886 bits per heavy atom. The van der Waals surface area contributed by atoms with Crippen molar-refractivity contribution in [1.29, 1.82) is 5.26 Å². The molecule has 0 saturated carbocycles. The lowest BCUT2D eigenvalue weighted by Crippen LogP contribution is -2.11. The number of nitrogen functional groups attached to an aromatic ring is 1. The van der Waals surface area contributed by atoms with Crippen molar-refractivity contribution in [2.24, 2.45) is 10.2 Å². The van der Waals surface area contributed by atoms with Crippen LogP contribution < -0.4 is 16.0 Å². The van der Waals surface area contributed by atoms with E-state index >= 15 is 0 Å². The second-order valence-corrected chi connectivity index (χ2v) is 11.0. The van der Waals surface area contributed by atoms with Gasteiger partial charge < -0.3 is 16.0 Å². The number of hydrogen-bond acceptors (Lipinski definition) is 7. The van der Waals surface area contributed by atoms with E-state index in [9.17, 15) is 10.1 Å². The summed E-state index contributed by atoms with van der Waals surface area (Å²) in [5.74, 6) is -0.160. The summed E-state index contributed by atoms with van der Waals surface area (Å²) in [6.45, 7) is 7.17. The molecule has 220 valence electrons. The van der Waals surface area contributed by atoms with Crippen LogP contribution in [0.2, 0.25) is 10.0 Å². The number of benzene rings is 4. The molecule has 4 aromatic carbocycles. The average Bonchev–Trinajstić information content (AvgIpc) is 3.28. The Hall–Kier alpha value is -5.17. The highest BCUT2D eigenvalue weighted by Crippen LogP contribution is 2.40. The Morgan fingerprint density at radius 2 is 1.43 bits per heavy atom. The third-order valence-corrected chi connectivity index (χ3v) is 7.36. The number of halogens is 2. The molecular weight excluding hydrogens is 595 g/mol. The Morgan fingerprint density at radius 3 is 1.95 bits per heavy atom. The van der Waals surface area contributed by atoms with Gasteiger partial charge in [0, 0.05) is 29.7 Å². The molecule has 5 rings (SSSR count). The molecule has 0 saturated heterocycles. The van der Waals surface area contributed by atoms with Crippen LogP contribution in [0.1, 0.15) is 29.3 Å². The van der Waals surface area contributed by atoms with Gasteiger partial charge in [-0.3, -0.25) is 4.79 Å². The number of nitrogens with two attached hydrogens (primary N) is 1. The molecule has 1 heterocycles. The summed E-state index contributed by atoms with van der Waals surface area (Å²) >= 11 is 13.0. The van der Waals surface area contributed by atoms with E-state index in [-0.39, 0.29) is 27.3 Å². The predicted molar refractivity (Wildman–Crippen MR) is 177 cm³/mol. The maximum atomic E-state index is 12.3. The lowest BCUT2D eigenvalue weighted by atomic mass is 10.1. The molecule has 5 aromatic rings. The molecule has 0 spiro atoms. The van der Waals surface area contributed by atoms with Crippen LogP contribution in [0, 0.1) is 32.1 Å². The molecule has 0 aliphatic heterocycles. The van der Waals surface area contributed by atoms with Gasteiger partial charge in [-0.2, -0.15) is 10.4 Å². The molecule has 0 fully saturated rings. The summed E-state index contributed by atoms with van der Waals surface area (Å²) in [7, 11) is 0. The van der Waals surface area contributed by atoms with E-state index in [0.717, 1.165) is 28.2 Å². The van der Waals surface area contributed by atoms with E-state index in [0.29, 0.717) is 28.4 Å². The molecular formula is C33H28Cl2N8O. The average molecular weight is 624 g/mol. The molecule has 0 aliphatic rings. The first kappa shape index (κ1) is 30.3. The molecule has 0 aliphatic carbocycles. The van der Waals surface area contributed by atoms with Gasteiger partial charge in [0.25, 0.3) is 0 Å². The topological polar surface area (TPSA) is 125 Å². The standard InChI is InChI=1S/C33H28Cl2N8O/c1-19-5-9-24(10-6-19)42(25-11-7-20(2)8-12-25)26-13-14-30(31(17-26)38-22(4)44)39-40-33-27(18-36)21(3)41-43(33)32-28(34)15-23(37)16-29(32)35/h5-17H,37H2,1-4H3,(H,38,44). The number of anilines is 5. The summed E-state index contributed by atoms with van der Waals surface area (Å²) < 4.78 is 1.37. The fourth-order valence-corrected chi connectivity index (χ4v) is 5.32. The minimum absolute atomic E-state index is 0.123. The SMILES string of the molecule is CC(=O)Nc1cc(N(c2ccc(C)cc2)c2ccc(C)cc2)ccc1N=Nc1c(C#N)c(C)nn1-c1c(Cl)cc(N)cc1Cl. The van der Waals surface area contributed by atoms with Crippen molar-refractivity contribution in [2.75, 3.05) is 16.0 Å². The normalized spacial score (nSPS) is 11.0. The van der Waals surface area contributed by atoms with Gasteiger partial charge in [0.05, 0.1) is 21.4 Å². The third kappa shape index (κ3) is 6.27. The van der Waals surface area contributed by atoms with Crippen molar-refractivity contribution in [1.82, 2.24) is 9.78 Å². The van der Waals surface area contributed by atoms with Crippen molar-refractivity contribution in [3.63, 3.8) is 0 Å². The molecule has 1 amide bonds. The van der Waals surface area contributed by atoms with Gasteiger partial charge in [-0.25, -0.2) is 4.68 Å². The minimum Gasteiger partial charge on any atom is -0.399 e. The van der Waals surface area contributed by atoms with Crippen LogP contribution in [0.25, 0.3) is 5.69 Å². The van der Waals surface area contributed by atoms with Gasteiger partial charge >= 0.3 is 0 Å². The number of azo groups is 1. The number of carbonyl (C=O) groups is 1. The Labute approximate surface area is 265 Å². The van der Waals surface area contributed by atoms with Gasteiger partial charge in [0.15, 0.2) is 5.82 Å². The molecule has 9 nitrogen and oxygen atoms in total. The zero-order chi connectivity index (χ0) is 31.5. The monoisotopic (exact) mass is 622 g/mol. The van der Waals surface area contributed by atoms with Crippen LogP contribution >= 0.6 is 23.2 Å². The van der Waals surface area contributed by atoms with E-state index in [2.05, 4.69) is 31.6 Å². The minimum atomic E-state index is -0.283. The zero-order valence-corrected chi connectivity index (χ0v) is 25.9. The number of nitrogens with zero attached hydrogens (tertiary/aromatic N) is 6. The summed E-state index contributed by atoms with van der Waals surface area (Å²) in [5.41, 5.74) is 12.9. The fraction of sp³-hybridized carbons (Fsp3) is 0.121. The quantitative estimate of drug-likeness (QED) is 0.138. The van der Waals surface area contributed by atoms with Crippen molar-refractivity contribution < 1.29 is 4.79 Å². The summed E-state index contributed by atoms with van der Waals surface area (Å²) in [4.78, 5) is 14.4. The van der Waals surface area contributed by atoms with E-state index in [1.54, 1.807) is 13.0 Å². The molecule has 1 aromatic heterocycles. The van der Waals surface area contributed by atoms with Crippen LogP contribution in [0.3, 0.4) is 0 Å². The highest BCUT2D eigenvalue weighted by atomic mass is 35.5. The Bertz CT molecular complexity index is 1870. The van der Waals surface area contributed by atoms with Crippen molar-refractivity contribution in [2.45, 2.75) is 27.7 Å². The number of carbonyl (C=O) groups excluding carboxylic acids is 1. The number of rotatable bonds is 7. The number of nitriles is 1. The highest BCUT2D eigenvalue weighted by Gasteiger charge is 2.21. The fourth-order valence-electron chi connectivity index (χ4n) is 4.66. The smallest absolute Gasteiger partial charge is 0.221 e. The van der Waals surface area contributed by atoms with E-state index in [1.165, 1.54) is 23.7 Å². The lowest BCUT2D eigenvalue weighted by Gasteiger charge is -2.26. The first-order valence-corrected chi connectivity index (χ1v) is 14.3. The van der Waals surface area contributed by atoms with Crippen LogP contribution in [-0.2, 0) is 4.79 Å². The molecule has 0 bridgehead atoms. The molecule has 0 radical (unpaired) electrons. The van der Waals surface area contributed by atoms with Crippen LogP contribution in [0.15, 0.2) is 89.1 Å². The first-order valence-electron chi connectivity index (χ1n) is 13.6. The van der Waals surface area contributed by atoms with Gasteiger partial charge in [0.2, 0.25) is 5.91 Å². The second kappa shape index (κ2) is 12.6. The summed E-state index contributed by atoms with van der Waals surface area (Å²) in [6.07, 6.45) is 0. The van der Waals surface area contributed by atoms with Gasteiger partial charge in [0.1, 0.15) is 23.0 Å². The van der Waals surface area contributed by atoms with E-state index in [4.69, 9.17) is 28.9 Å². The number of aromatic nitrogens is 2. The Balaban J connectivity index is 1.63. The number of nitrogens with one attached hydrogen (secondary N) is 1. The van der Waals surface area contributed by atoms with E-state index in [1.807, 2.05) is 74.5 Å². The van der Waals surface area contributed by atoms with Crippen molar-refractivity contribution >= 4 is 69.1 Å². The largest absolute Gasteiger partial charge is 0.399 e. The second-order valence-electron chi connectivity index (χ2n) is 10.2. The molecule has 11 heteroatoms. The lowest BCUT2D eigenvalue weighted by molar-refractivity contribution is -0.114. The Kier molecular flexibility index (Phi) is 8.67. The van der Waals surface area contributed by atoms with Crippen LogP contribution in [0.4, 0.5) is 39.9 Å². The first-order chi connectivity index (χ1) is 21.0. The number of hydrogen-bond donors (Lipinski definition) is 2. The zero-order valence-electron chi connectivity index (χ0n) is 24.4. The van der Waals surface area contributed by atoms with Crippen molar-refractivity contribution in [3.8, 4) is 11.8 Å². The molecule has 44 heavy (non-hydrogen) atoms. The van der Waals surface area contributed by atoms with Crippen molar-refractivity contribution in [3.05, 3.63) is 111 Å². The molecule has 0 atom stereocenters. The van der Waals surface area contributed by atoms with E-state index < -0.39 is 0 Å². The summed E-state index contributed by atoms with van der Waals surface area (Å²) in [6, 6.07) is 27.0. The third-order valence-electron chi connectivity index (χ3n) is 6.78. The maximum absolute atomic E-state index is 12.3. The predicted octanol–water partition coefficient (Wildman–Crippen LogP) is 9.40. The number of amides is 1. The highest BCUT2D eigenvalue weighted by molar-refractivity contribution is 6.38. The van der Waals surface area contributed by atoms with Gasteiger partial charge in [-0.1, -0.05) is 58.6 Å². The molecule has 0 unspecified atom stereocenters. The summed E-state index contributed by atoms with van der Waals surface area (Å²) in [5, 5.41) is 26.6. The number of aryl methyl sites for hydroxylation is 3. The van der Waals surface area contributed by atoms with Gasteiger partial charge in [-0.15, -0.1) is 10.2 Å². The van der Waals surface area contributed by atoms with Gasteiger partial charge in [-0.05, 0) is 75.4 Å². The maximum Gasteiger partial charge on any atom is 0.221 e. The van der Waals surface area contributed by atoms with Crippen LogP contribution in [-0.4, -0.2) is 15.7 Å².